The number of aliphatic hydroxyl groups is 1. The maximum Gasteiger partial charge on any atom is 0.0791 e. The van der Waals surface area contributed by atoms with Crippen LogP contribution >= 0.6 is 11.3 Å². The topological polar surface area (TPSA) is 35.5 Å². The minimum atomic E-state index is -0.288. The molecule has 4 heteroatoms. The summed E-state index contributed by atoms with van der Waals surface area (Å²) >= 11 is 1.70. The van der Waals surface area contributed by atoms with Crippen LogP contribution in [0.3, 0.4) is 0 Å². The van der Waals surface area contributed by atoms with Crippen molar-refractivity contribution >= 4 is 11.3 Å². The number of likely N-dealkylation sites (N-methyl/N-ethyl adjacent to an activating group) is 1. The molecule has 0 aliphatic rings. The normalized spacial score (nSPS) is 13.4. The molecule has 0 saturated carbocycles. The molecule has 0 spiro atoms. The van der Waals surface area contributed by atoms with Crippen LogP contribution in [0.15, 0.2) is 16.8 Å². The molecule has 0 saturated heterocycles. The Labute approximate surface area is 89.4 Å². The second-order valence-corrected chi connectivity index (χ2v) is 4.46. The quantitative estimate of drug-likeness (QED) is 0.734. The third-order valence-electron chi connectivity index (χ3n) is 1.87. The Kier molecular flexibility index (Phi) is 5.11. The number of hydrogen-bond acceptors (Lipinski definition) is 4. The summed E-state index contributed by atoms with van der Waals surface area (Å²) in [4.78, 5) is 1.98. The van der Waals surface area contributed by atoms with E-state index in [9.17, 15) is 5.11 Å². The predicted octanol–water partition coefficient (Wildman–Crippen LogP) is 0.760. The van der Waals surface area contributed by atoms with Gasteiger partial charge in [-0.25, -0.2) is 0 Å². The van der Waals surface area contributed by atoms with Crippen LogP contribution in [-0.2, 0) is 6.54 Å². The van der Waals surface area contributed by atoms with Crippen molar-refractivity contribution in [2.45, 2.75) is 12.6 Å². The second-order valence-electron chi connectivity index (χ2n) is 3.68. The highest BCUT2D eigenvalue weighted by molar-refractivity contribution is 7.07. The van der Waals surface area contributed by atoms with Crippen LogP contribution in [0.25, 0.3) is 0 Å². The van der Waals surface area contributed by atoms with Gasteiger partial charge in [0.2, 0.25) is 0 Å². The highest BCUT2D eigenvalue weighted by atomic mass is 32.1. The summed E-state index contributed by atoms with van der Waals surface area (Å²) in [6, 6.07) is 2.09. The van der Waals surface area contributed by atoms with E-state index >= 15 is 0 Å². The third-order valence-corrected chi connectivity index (χ3v) is 2.60. The van der Waals surface area contributed by atoms with Gasteiger partial charge in [-0.1, -0.05) is 0 Å². The minimum absolute atomic E-state index is 0.288. The number of thiophene rings is 1. The van der Waals surface area contributed by atoms with Crippen molar-refractivity contribution in [2.24, 2.45) is 0 Å². The first-order chi connectivity index (χ1) is 6.68. The summed E-state index contributed by atoms with van der Waals surface area (Å²) in [5.41, 5.74) is 1.28. The number of hydrogen-bond donors (Lipinski definition) is 2. The van der Waals surface area contributed by atoms with Crippen LogP contribution in [0.5, 0.6) is 0 Å². The standard InChI is InChI=1S/C10H18N2OS/c1-12(2)7-10(13)6-11-5-9-3-4-14-8-9/h3-4,8,10-11,13H,5-7H2,1-2H3. The van der Waals surface area contributed by atoms with Gasteiger partial charge in [-0.05, 0) is 36.5 Å². The van der Waals surface area contributed by atoms with E-state index in [4.69, 9.17) is 0 Å². The van der Waals surface area contributed by atoms with Gasteiger partial charge in [0.1, 0.15) is 0 Å². The predicted molar refractivity (Wildman–Crippen MR) is 60.6 cm³/mol. The van der Waals surface area contributed by atoms with Crippen LogP contribution in [-0.4, -0.2) is 43.3 Å². The zero-order chi connectivity index (χ0) is 10.4. The van der Waals surface area contributed by atoms with E-state index in [1.54, 1.807) is 11.3 Å². The summed E-state index contributed by atoms with van der Waals surface area (Å²) in [5.74, 6) is 0. The molecular weight excluding hydrogens is 196 g/mol. The van der Waals surface area contributed by atoms with Crippen molar-refractivity contribution in [3.8, 4) is 0 Å². The number of rotatable bonds is 6. The average molecular weight is 214 g/mol. The number of nitrogens with one attached hydrogen (secondary N) is 1. The average Bonchev–Trinajstić information content (AvgIpc) is 2.55. The molecule has 0 aliphatic heterocycles. The molecule has 1 unspecified atom stereocenters. The van der Waals surface area contributed by atoms with Gasteiger partial charge in [0.25, 0.3) is 0 Å². The zero-order valence-corrected chi connectivity index (χ0v) is 9.55. The van der Waals surface area contributed by atoms with Gasteiger partial charge in [-0.15, -0.1) is 0 Å². The molecular formula is C10H18N2OS. The van der Waals surface area contributed by atoms with Gasteiger partial charge in [0, 0.05) is 19.6 Å². The van der Waals surface area contributed by atoms with Gasteiger partial charge in [-0.3, -0.25) is 0 Å². The van der Waals surface area contributed by atoms with E-state index in [0.29, 0.717) is 13.1 Å². The Morgan fingerprint density at radius 2 is 2.36 bits per heavy atom. The molecule has 80 valence electrons. The van der Waals surface area contributed by atoms with Crippen molar-refractivity contribution in [1.29, 1.82) is 0 Å². The molecule has 1 aromatic heterocycles. The Bertz CT molecular complexity index is 236. The first kappa shape index (κ1) is 11.7. The van der Waals surface area contributed by atoms with Crippen molar-refractivity contribution < 1.29 is 5.11 Å². The Morgan fingerprint density at radius 1 is 1.57 bits per heavy atom. The summed E-state index contributed by atoms with van der Waals surface area (Å²) < 4.78 is 0. The fourth-order valence-electron chi connectivity index (χ4n) is 1.26. The van der Waals surface area contributed by atoms with E-state index in [-0.39, 0.29) is 6.10 Å². The van der Waals surface area contributed by atoms with E-state index in [0.717, 1.165) is 6.54 Å². The Morgan fingerprint density at radius 3 is 2.93 bits per heavy atom. The molecule has 0 fully saturated rings. The smallest absolute Gasteiger partial charge is 0.0791 e. The fraction of sp³-hybridized carbons (Fsp3) is 0.600. The molecule has 0 aliphatic carbocycles. The van der Waals surface area contributed by atoms with Crippen molar-refractivity contribution in [3.63, 3.8) is 0 Å². The third kappa shape index (κ3) is 4.72. The van der Waals surface area contributed by atoms with Gasteiger partial charge in [0.15, 0.2) is 0 Å². The van der Waals surface area contributed by atoms with Gasteiger partial charge in [-0.2, -0.15) is 11.3 Å². The monoisotopic (exact) mass is 214 g/mol. The lowest BCUT2D eigenvalue weighted by Gasteiger charge is -2.16. The maximum absolute atomic E-state index is 9.55. The molecule has 0 radical (unpaired) electrons. The lowest BCUT2D eigenvalue weighted by Crippen LogP contribution is -2.34. The first-order valence-electron chi connectivity index (χ1n) is 4.73. The summed E-state index contributed by atoms with van der Waals surface area (Å²) in [6.07, 6.45) is -0.288. The number of nitrogens with zero attached hydrogens (tertiary/aromatic N) is 1. The molecule has 1 heterocycles. The van der Waals surface area contributed by atoms with Crippen molar-refractivity contribution in [2.75, 3.05) is 27.2 Å². The van der Waals surface area contributed by atoms with Crippen LogP contribution in [0.2, 0.25) is 0 Å². The minimum Gasteiger partial charge on any atom is -0.390 e. The Balaban J connectivity index is 2.09. The van der Waals surface area contributed by atoms with Gasteiger partial charge < -0.3 is 15.3 Å². The summed E-state index contributed by atoms with van der Waals surface area (Å²) in [7, 11) is 3.92. The molecule has 1 atom stereocenters. The Hall–Kier alpha value is -0.420. The number of aliphatic hydroxyl groups excluding tert-OH is 1. The summed E-state index contributed by atoms with van der Waals surface area (Å²) in [5, 5.41) is 16.9. The SMILES string of the molecule is CN(C)CC(O)CNCc1ccsc1. The fourth-order valence-corrected chi connectivity index (χ4v) is 1.93. The van der Waals surface area contributed by atoms with Gasteiger partial charge in [0.05, 0.1) is 6.10 Å². The highest BCUT2D eigenvalue weighted by Crippen LogP contribution is 2.04. The second kappa shape index (κ2) is 6.14. The molecule has 0 aromatic carbocycles. The van der Waals surface area contributed by atoms with Crippen LogP contribution in [0.4, 0.5) is 0 Å². The first-order valence-corrected chi connectivity index (χ1v) is 5.67. The van der Waals surface area contributed by atoms with E-state index < -0.39 is 0 Å². The van der Waals surface area contributed by atoms with Crippen LogP contribution < -0.4 is 5.32 Å². The maximum atomic E-state index is 9.55. The lowest BCUT2D eigenvalue weighted by molar-refractivity contribution is 0.134. The largest absolute Gasteiger partial charge is 0.390 e. The highest BCUT2D eigenvalue weighted by Gasteiger charge is 2.04. The molecule has 2 N–H and O–H groups in total. The summed E-state index contributed by atoms with van der Waals surface area (Å²) in [6.45, 7) is 2.19. The molecule has 0 bridgehead atoms. The molecule has 14 heavy (non-hydrogen) atoms. The van der Waals surface area contributed by atoms with Crippen LogP contribution in [0, 0.1) is 0 Å². The van der Waals surface area contributed by atoms with E-state index in [1.807, 2.05) is 19.0 Å². The zero-order valence-electron chi connectivity index (χ0n) is 8.73. The van der Waals surface area contributed by atoms with Crippen molar-refractivity contribution in [1.82, 2.24) is 10.2 Å². The van der Waals surface area contributed by atoms with Gasteiger partial charge >= 0.3 is 0 Å². The van der Waals surface area contributed by atoms with Crippen molar-refractivity contribution in [3.05, 3.63) is 22.4 Å². The molecule has 1 rings (SSSR count). The molecule has 0 amide bonds. The van der Waals surface area contributed by atoms with Crippen LogP contribution in [0.1, 0.15) is 5.56 Å². The van der Waals surface area contributed by atoms with E-state index in [2.05, 4.69) is 22.1 Å². The molecule has 1 aromatic rings. The van der Waals surface area contributed by atoms with E-state index in [1.165, 1.54) is 5.56 Å². The molecule has 3 nitrogen and oxygen atoms in total. The lowest BCUT2D eigenvalue weighted by atomic mass is 10.3.